The van der Waals surface area contributed by atoms with E-state index in [1.54, 1.807) is 0 Å². The Hall–Kier alpha value is -2.44. The molecule has 1 unspecified atom stereocenters. The second-order valence-corrected chi connectivity index (χ2v) is 4.64. The number of rotatable bonds is 1. The molecule has 1 atom stereocenters. The summed E-state index contributed by atoms with van der Waals surface area (Å²) in [5, 5.41) is 2.69. The summed E-state index contributed by atoms with van der Waals surface area (Å²) in [5.74, 6) is -0.917. The zero-order valence-corrected chi connectivity index (χ0v) is 10.4. The van der Waals surface area contributed by atoms with Gasteiger partial charge in [0.15, 0.2) is 5.41 Å². The molecule has 0 amide bonds. The molecular formula is C14H8F4N2O. The van der Waals surface area contributed by atoms with Gasteiger partial charge in [0.1, 0.15) is 17.9 Å². The molecule has 3 nitrogen and oxygen atoms in total. The van der Waals surface area contributed by atoms with Gasteiger partial charge in [-0.05, 0) is 24.3 Å². The smallest absolute Gasteiger partial charge is 0.340 e. The van der Waals surface area contributed by atoms with Gasteiger partial charge in [-0.15, -0.1) is 0 Å². The molecular weight excluding hydrogens is 288 g/mol. The number of carbonyl (C=O) groups is 1. The number of alkyl halides is 3. The highest BCUT2D eigenvalue weighted by atomic mass is 19.4. The van der Waals surface area contributed by atoms with Crippen LogP contribution in [-0.2, 0) is 10.2 Å². The molecule has 0 bridgehead atoms. The molecule has 1 aliphatic heterocycles. The maximum Gasteiger partial charge on any atom is 0.409 e. The maximum absolute atomic E-state index is 13.7. The Morgan fingerprint density at radius 1 is 1.19 bits per heavy atom. The molecule has 1 N–H and O–H groups in total. The van der Waals surface area contributed by atoms with Gasteiger partial charge >= 0.3 is 6.18 Å². The van der Waals surface area contributed by atoms with E-state index in [0.29, 0.717) is 0 Å². The zero-order valence-electron chi connectivity index (χ0n) is 10.4. The highest BCUT2D eigenvalue weighted by Crippen LogP contribution is 2.52. The summed E-state index contributed by atoms with van der Waals surface area (Å²) in [6.07, 6.45) is -3.81. The summed E-state index contributed by atoms with van der Waals surface area (Å²) in [6, 6.07) is 5.36. The van der Waals surface area contributed by atoms with E-state index in [2.05, 4.69) is 10.3 Å². The summed E-state index contributed by atoms with van der Waals surface area (Å²) in [7, 11) is 0. The number of nitrogens with zero attached hydrogens (tertiary/aromatic N) is 1. The fourth-order valence-corrected chi connectivity index (χ4v) is 2.55. The molecule has 108 valence electrons. The van der Waals surface area contributed by atoms with Crippen LogP contribution in [0.25, 0.3) is 0 Å². The number of carbonyl (C=O) groups excluding carboxylic acids is 1. The van der Waals surface area contributed by atoms with Crippen LogP contribution in [0.1, 0.15) is 11.1 Å². The lowest BCUT2D eigenvalue weighted by Crippen LogP contribution is -2.47. The van der Waals surface area contributed by atoms with Crippen LogP contribution >= 0.6 is 0 Å². The Morgan fingerprint density at radius 3 is 2.62 bits per heavy atom. The van der Waals surface area contributed by atoms with Crippen LogP contribution in [0.4, 0.5) is 29.1 Å². The standard InChI is InChI=1S/C14H8F4N2O/c15-8-3-4-11-10(6-8)13(7-21,14(16,17)18)9-2-1-5-19-12(9)20-11/h1-7H,(H,19,20). The number of aromatic nitrogens is 1. The Morgan fingerprint density at radius 2 is 1.95 bits per heavy atom. The molecule has 1 aliphatic rings. The van der Waals surface area contributed by atoms with Crippen molar-refractivity contribution in [2.24, 2.45) is 0 Å². The number of hydrogen-bond acceptors (Lipinski definition) is 3. The molecule has 2 heterocycles. The molecule has 1 aromatic carbocycles. The van der Waals surface area contributed by atoms with E-state index in [9.17, 15) is 22.4 Å². The lowest BCUT2D eigenvalue weighted by Gasteiger charge is -2.37. The molecule has 0 saturated carbocycles. The summed E-state index contributed by atoms with van der Waals surface area (Å²) in [5.41, 5.74) is -3.73. The van der Waals surface area contributed by atoms with E-state index in [1.807, 2.05) is 0 Å². The van der Waals surface area contributed by atoms with Crippen molar-refractivity contribution in [3.05, 3.63) is 53.5 Å². The van der Waals surface area contributed by atoms with Crippen molar-refractivity contribution in [2.45, 2.75) is 11.6 Å². The van der Waals surface area contributed by atoms with Crippen LogP contribution in [0.5, 0.6) is 0 Å². The Bertz CT molecular complexity index is 729. The monoisotopic (exact) mass is 296 g/mol. The molecule has 1 aromatic heterocycles. The van der Waals surface area contributed by atoms with Crippen molar-refractivity contribution >= 4 is 17.8 Å². The molecule has 0 radical (unpaired) electrons. The van der Waals surface area contributed by atoms with Crippen LogP contribution in [0, 0.1) is 5.82 Å². The zero-order chi connectivity index (χ0) is 15.3. The molecule has 0 saturated heterocycles. The number of nitrogens with one attached hydrogen (secondary N) is 1. The van der Waals surface area contributed by atoms with E-state index in [1.165, 1.54) is 12.3 Å². The fourth-order valence-electron chi connectivity index (χ4n) is 2.55. The summed E-state index contributed by atoms with van der Waals surface area (Å²) in [4.78, 5) is 15.3. The van der Waals surface area contributed by atoms with Crippen molar-refractivity contribution in [1.82, 2.24) is 4.98 Å². The van der Waals surface area contributed by atoms with Crippen LogP contribution in [0.2, 0.25) is 0 Å². The summed E-state index contributed by atoms with van der Waals surface area (Å²) in [6.45, 7) is 0. The maximum atomic E-state index is 13.7. The minimum absolute atomic E-state index is 0.00650. The predicted molar refractivity (Wildman–Crippen MR) is 66.8 cm³/mol. The number of pyridine rings is 1. The first-order valence-corrected chi connectivity index (χ1v) is 5.96. The average molecular weight is 296 g/mol. The second kappa shape index (κ2) is 4.28. The molecule has 2 aromatic rings. The molecule has 3 rings (SSSR count). The van der Waals surface area contributed by atoms with Crippen LogP contribution in [-0.4, -0.2) is 17.4 Å². The molecule has 0 spiro atoms. The van der Waals surface area contributed by atoms with Gasteiger partial charge in [-0.25, -0.2) is 9.37 Å². The van der Waals surface area contributed by atoms with E-state index in [0.717, 1.165) is 24.3 Å². The van der Waals surface area contributed by atoms with Gasteiger partial charge in [0.2, 0.25) is 0 Å². The van der Waals surface area contributed by atoms with E-state index in [4.69, 9.17) is 0 Å². The highest BCUT2D eigenvalue weighted by Gasteiger charge is 2.61. The number of benzene rings is 1. The predicted octanol–water partition coefficient (Wildman–Crippen LogP) is 3.33. The third kappa shape index (κ3) is 1.73. The van der Waals surface area contributed by atoms with E-state index < -0.39 is 23.0 Å². The quantitative estimate of drug-likeness (QED) is 0.648. The lowest BCUT2D eigenvalue weighted by atomic mass is 9.72. The molecule has 7 heteroatoms. The van der Waals surface area contributed by atoms with Crippen molar-refractivity contribution in [3.8, 4) is 0 Å². The van der Waals surface area contributed by atoms with Crippen molar-refractivity contribution in [3.63, 3.8) is 0 Å². The van der Waals surface area contributed by atoms with Gasteiger partial charge in [-0.2, -0.15) is 13.2 Å². The lowest BCUT2D eigenvalue weighted by molar-refractivity contribution is -0.177. The van der Waals surface area contributed by atoms with Gasteiger partial charge < -0.3 is 10.1 Å². The fraction of sp³-hybridized carbons (Fsp3) is 0.143. The normalized spacial score (nSPS) is 20.2. The van der Waals surface area contributed by atoms with Crippen LogP contribution in [0.15, 0.2) is 36.5 Å². The topological polar surface area (TPSA) is 42.0 Å². The Labute approximate surface area is 116 Å². The van der Waals surface area contributed by atoms with Gasteiger partial charge in [0.25, 0.3) is 0 Å². The number of fused-ring (bicyclic) bond motifs is 2. The van der Waals surface area contributed by atoms with Crippen molar-refractivity contribution in [2.75, 3.05) is 5.32 Å². The van der Waals surface area contributed by atoms with Gasteiger partial charge in [-0.3, -0.25) is 0 Å². The third-order valence-corrected chi connectivity index (χ3v) is 3.52. The minimum Gasteiger partial charge on any atom is -0.340 e. The van der Waals surface area contributed by atoms with Gasteiger partial charge in [0, 0.05) is 23.0 Å². The SMILES string of the molecule is O=CC1(C(F)(F)F)c2cc(F)ccc2Nc2ncccc21. The minimum atomic E-state index is -4.92. The van der Waals surface area contributed by atoms with E-state index >= 15 is 0 Å². The third-order valence-electron chi connectivity index (χ3n) is 3.52. The average Bonchev–Trinajstić information content (AvgIpc) is 2.43. The number of aldehydes is 1. The highest BCUT2D eigenvalue weighted by molar-refractivity contribution is 5.88. The molecule has 0 aliphatic carbocycles. The second-order valence-electron chi connectivity index (χ2n) is 4.64. The van der Waals surface area contributed by atoms with Crippen molar-refractivity contribution < 1.29 is 22.4 Å². The first kappa shape index (κ1) is 13.5. The van der Waals surface area contributed by atoms with Gasteiger partial charge in [0.05, 0.1) is 0 Å². The van der Waals surface area contributed by atoms with Crippen molar-refractivity contribution in [1.29, 1.82) is 0 Å². The van der Waals surface area contributed by atoms with E-state index in [-0.39, 0.29) is 23.4 Å². The van der Waals surface area contributed by atoms with Crippen LogP contribution < -0.4 is 5.32 Å². The first-order chi connectivity index (χ1) is 9.90. The number of hydrogen-bond donors (Lipinski definition) is 1. The molecule has 0 fully saturated rings. The number of anilines is 2. The van der Waals surface area contributed by atoms with Crippen LogP contribution in [0.3, 0.4) is 0 Å². The van der Waals surface area contributed by atoms with Gasteiger partial charge in [-0.1, -0.05) is 6.07 Å². The Balaban J connectivity index is 2.42. The Kier molecular flexibility index (Phi) is 2.76. The summed E-state index contributed by atoms with van der Waals surface area (Å²) < 4.78 is 54.4. The number of halogens is 4. The first-order valence-electron chi connectivity index (χ1n) is 5.96. The molecule has 21 heavy (non-hydrogen) atoms. The largest absolute Gasteiger partial charge is 0.409 e. The summed E-state index contributed by atoms with van der Waals surface area (Å²) >= 11 is 0.